The van der Waals surface area contributed by atoms with Crippen LogP contribution in [-0.2, 0) is 0 Å². The summed E-state index contributed by atoms with van der Waals surface area (Å²) in [5.74, 6) is 0.879. The van der Waals surface area contributed by atoms with Crippen LogP contribution in [-0.4, -0.2) is 6.16 Å². The highest BCUT2D eigenvalue weighted by molar-refractivity contribution is 5.67. The van der Waals surface area contributed by atoms with Gasteiger partial charge in [-0.1, -0.05) is 30.3 Å². The van der Waals surface area contributed by atoms with Crippen molar-refractivity contribution in [2.45, 2.75) is 0 Å². The number of rotatable bonds is 2. The van der Waals surface area contributed by atoms with Crippen molar-refractivity contribution < 1.29 is 14.3 Å². The summed E-state index contributed by atoms with van der Waals surface area (Å²) in [7, 11) is 0. The Bertz CT molecular complexity index is 489. The number of carbonyl (C=O) groups excluding carboxylic acids is 1. The first-order chi connectivity index (χ1) is 8.24. The van der Waals surface area contributed by atoms with Gasteiger partial charge in [0.25, 0.3) is 0 Å². The average Bonchev–Trinajstić information content (AvgIpc) is 2.33. The molecule has 0 aliphatic carbocycles. The molecule has 3 nitrogen and oxygen atoms in total. The standard InChI is InChI=1S/C14H11O3/c1-11-7-9-13(10-8-11)17-14(15)16-12-5-3-2-4-6-12/h2-10H,1H2. The summed E-state index contributed by atoms with van der Waals surface area (Å²) in [6.45, 7) is 3.74. The lowest BCUT2D eigenvalue weighted by atomic mass is 10.2. The SMILES string of the molecule is [CH2]c1ccc(OC(=O)Oc2ccccc2)cc1. The molecule has 0 spiro atoms. The predicted octanol–water partition coefficient (Wildman–Crippen LogP) is 3.45. The summed E-state index contributed by atoms with van der Waals surface area (Å²) in [6.07, 6.45) is -0.756. The first kappa shape index (κ1) is 11.2. The highest BCUT2D eigenvalue weighted by atomic mass is 16.7. The molecule has 0 bridgehead atoms. The van der Waals surface area contributed by atoms with E-state index < -0.39 is 6.16 Å². The Morgan fingerprint density at radius 3 is 1.94 bits per heavy atom. The lowest BCUT2D eigenvalue weighted by Gasteiger charge is -2.05. The third-order valence-electron chi connectivity index (χ3n) is 2.07. The molecule has 0 amide bonds. The van der Waals surface area contributed by atoms with Gasteiger partial charge in [0.05, 0.1) is 0 Å². The Hall–Kier alpha value is -2.29. The van der Waals surface area contributed by atoms with Crippen molar-refractivity contribution in [3.63, 3.8) is 0 Å². The molecule has 3 heteroatoms. The average molecular weight is 227 g/mol. The van der Waals surface area contributed by atoms with Gasteiger partial charge in [-0.05, 0) is 36.8 Å². The second-order valence-electron chi connectivity index (χ2n) is 3.41. The van der Waals surface area contributed by atoms with E-state index in [0.717, 1.165) is 5.56 Å². The molecule has 0 saturated carbocycles. The van der Waals surface area contributed by atoms with Gasteiger partial charge < -0.3 is 9.47 Å². The molecule has 85 valence electrons. The molecule has 1 radical (unpaired) electrons. The zero-order valence-electron chi connectivity index (χ0n) is 9.13. The van der Waals surface area contributed by atoms with Crippen molar-refractivity contribution in [2.24, 2.45) is 0 Å². The van der Waals surface area contributed by atoms with Crippen LogP contribution in [0.1, 0.15) is 5.56 Å². The van der Waals surface area contributed by atoms with E-state index in [-0.39, 0.29) is 0 Å². The van der Waals surface area contributed by atoms with Gasteiger partial charge in [0.15, 0.2) is 0 Å². The quantitative estimate of drug-likeness (QED) is 0.582. The molecule has 0 unspecified atom stereocenters. The molecule has 2 aromatic carbocycles. The van der Waals surface area contributed by atoms with Crippen LogP contribution in [0.3, 0.4) is 0 Å². The second kappa shape index (κ2) is 5.16. The maximum atomic E-state index is 11.4. The van der Waals surface area contributed by atoms with Crippen LogP contribution in [0.4, 0.5) is 4.79 Å². The summed E-state index contributed by atoms with van der Waals surface area (Å²) in [5, 5.41) is 0. The number of hydrogen-bond acceptors (Lipinski definition) is 3. The summed E-state index contributed by atoms with van der Waals surface area (Å²) in [5.41, 5.74) is 0.855. The summed E-state index contributed by atoms with van der Waals surface area (Å²) in [4.78, 5) is 11.4. The van der Waals surface area contributed by atoms with Crippen molar-refractivity contribution >= 4 is 6.16 Å². The van der Waals surface area contributed by atoms with Crippen molar-refractivity contribution in [1.29, 1.82) is 0 Å². The van der Waals surface area contributed by atoms with Gasteiger partial charge in [0.2, 0.25) is 0 Å². The fourth-order valence-electron chi connectivity index (χ4n) is 1.26. The molecule has 2 rings (SSSR count). The minimum Gasteiger partial charge on any atom is -0.395 e. The largest absolute Gasteiger partial charge is 0.519 e. The third-order valence-corrected chi connectivity index (χ3v) is 2.07. The molecule has 0 aliphatic rings. The summed E-state index contributed by atoms with van der Waals surface area (Å²) in [6, 6.07) is 15.6. The minimum absolute atomic E-state index is 0.429. The van der Waals surface area contributed by atoms with Crippen molar-refractivity contribution in [1.82, 2.24) is 0 Å². The smallest absolute Gasteiger partial charge is 0.395 e. The van der Waals surface area contributed by atoms with Gasteiger partial charge >= 0.3 is 6.16 Å². The molecule has 0 atom stereocenters. The van der Waals surface area contributed by atoms with Gasteiger partial charge in [-0.2, -0.15) is 0 Å². The fourth-order valence-corrected chi connectivity index (χ4v) is 1.26. The molecule has 17 heavy (non-hydrogen) atoms. The molecular formula is C14H11O3. The summed E-state index contributed by atoms with van der Waals surface area (Å²) < 4.78 is 9.96. The van der Waals surface area contributed by atoms with E-state index in [2.05, 4.69) is 6.92 Å². The minimum atomic E-state index is -0.756. The second-order valence-corrected chi connectivity index (χ2v) is 3.41. The predicted molar refractivity (Wildman–Crippen MR) is 64.0 cm³/mol. The normalized spacial score (nSPS) is 9.71. The van der Waals surface area contributed by atoms with Gasteiger partial charge in [0.1, 0.15) is 11.5 Å². The highest BCUT2D eigenvalue weighted by Crippen LogP contribution is 2.14. The maximum absolute atomic E-state index is 11.4. The first-order valence-electron chi connectivity index (χ1n) is 5.11. The first-order valence-corrected chi connectivity index (χ1v) is 5.11. The molecule has 0 N–H and O–H groups in total. The van der Waals surface area contributed by atoms with E-state index in [1.807, 2.05) is 6.07 Å². The monoisotopic (exact) mass is 227 g/mol. The van der Waals surface area contributed by atoms with Gasteiger partial charge in [-0.25, -0.2) is 4.79 Å². The number of carbonyl (C=O) groups is 1. The van der Waals surface area contributed by atoms with E-state index in [1.165, 1.54) is 0 Å². The van der Waals surface area contributed by atoms with Crippen LogP contribution >= 0.6 is 0 Å². The molecular weight excluding hydrogens is 216 g/mol. The highest BCUT2D eigenvalue weighted by Gasteiger charge is 2.06. The van der Waals surface area contributed by atoms with Crippen LogP contribution in [0.25, 0.3) is 0 Å². The molecule has 2 aromatic rings. The molecule has 0 aromatic heterocycles. The lowest BCUT2D eigenvalue weighted by molar-refractivity contribution is 0.152. The van der Waals surface area contributed by atoms with Crippen LogP contribution in [0.2, 0.25) is 0 Å². The fraction of sp³-hybridized carbons (Fsp3) is 0. The van der Waals surface area contributed by atoms with E-state index in [0.29, 0.717) is 11.5 Å². The van der Waals surface area contributed by atoms with E-state index in [1.54, 1.807) is 48.5 Å². The van der Waals surface area contributed by atoms with Crippen molar-refractivity contribution in [3.05, 3.63) is 67.1 Å². The molecule has 0 aliphatic heterocycles. The van der Waals surface area contributed by atoms with Crippen LogP contribution < -0.4 is 9.47 Å². The topological polar surface area (TPSA) is 35.5 Å². The number of ether oxygens (including phenoxy) is 2. The molecule has 0 saturated heterocycles. The molecule has 0 fully saturated rings. The van der Waals surface area contributed by atoms with Gasteiger partial charge in [-0.3, -0.25) is 0 Å². The Labute approximate surface area is 99.6 Å². The number of hydrogen-bond donors (Lipinski definition) is 0. The number of benzene rings is 2. The van der Waals surface area contributed by atoms with Crippen LogP contribution in [0.5, 0.6) is 11.5 Å². The van der Waals surface area contributed by atoms with Gasteiger partial charge in [-0.15, -0.1) is 0 Å². The lowest BCUT2D eigenvalue weighted by Crippen LogP contribution is -2.13. The van der Waals surface area contributed by atoms with E-state index in [9.17, 15) is 4.79 Å². The zero-order valence-corrected chi connectivity index (χ0v) is 9.13. The summed E-state index contributed by atoms with van der Waals surface area (Å²) >= 11 is 0. The molecule has 0 heterocycles. The Morgan fingerprint density at radius 2 is 1.35 bits per heavy atom. The third kappa shape index (κ3) is 3.34. The number of para-hydroxylation sites is 1. The van der Waals surface area contributed by atoms with Crippen LogP contribution in [0, 0.1) is 6.92 Å². The van der Waals surface area contributed by atoms with Crippen molar-refractivity contribution in [2.75, 3.05) is 0 Å². The Balaban J connectivity index is 1.96. The van der Waals surface area contributed by atoms with E-state index >= 15 is 0 Å². The van der Waals surface area contributed by atoms with E-state index in [4.69, 9.17) is 9.47 Å². The Morgan fingerprint density at radius 1 is 0.824 bits per heavy atom. The zero-order chi connectivity index (χ0) is 12.1. The maximum Gasteiger partial charge on any atom is 0.519 e. The van der Waals surface area contributed by atoms with Gasteiger partial charge in [0, 0.05) is 0 Å². The van der Waals surface area contributed by atoms with Crippen molar-refractivity contribution in [3.8, 4) is 11.5 Å². The Kier molecular flexibility index (Phi) is 3.40. The van der Waals surface area contributed by atoms with Crippen LogP contribution in [0.15, 0.2) is 54.6 Å².